The van der Waals surface area contributed by atoms with Crippen LogP contribution in [0.25, 0.3) is 0 Å². The Balaban J connectivity index is 1.60. The molecule has 3 heteroatoms. The van der Waals surface area contributed by atoms with Crippen molar-refractivity contribution in [2.24, 2.45) is 17.6 Å². The van der Waals surface area contributed by atoms with Crippen LogP contribution in [0.15, 0.2) is 0 Å². The lowest BCUT2D eigenvalue weighted by atomic mass is 10.1. The number of nitrogens with zero attached hydrogens (tertiary/aromatic N) is 1. The molecular weight excluding hydrogens is 164 g/mol. The molecule has 3 atom stereocenters. The fourth-order valence-electron chi connectivity index (χ4n) is 3.06. The first kappa shape index (κ1) is 8.21. The predicted molar refractivity (Wildman–Crippen MR) is 50.4 cm³/mol. The summed E-state index contributed by atoms with van der Waals surface area (Å²) in [5, 5.41) is 0. The number of rotatable bonds is 1. The number of hydrogen-bond donors (Lipinski definition) is 1. The molecular formula is C10H18N2O. The highest BCUT2D eigenvalue weighted by Crippen LogP contribution is 2.48. The van der Waals surface area contributed by atoms with Gasteiger partial charge in [-0.2, -0.15) is 0 Å². The smallest absolute Gasteiger partial charge is 0.0513 e. The van der Waals surface area contributed by atoms with Crippen molar-refractivity contribution in [3.05, 3.63) is 0 Å². The first-order valence-corrected chi connectivity index (χ1v) is 5.43. The molecule has 3 fully saturated rings. The molecule has 74 valence electrons. The molecule has 3 nitrogen and oxygen atoms in total. The van der Waals surface area contributed by atoms with Gasteiger partial charge < -0.3 is 10.5 Å². The van der Waals surface area contributed by atoms with E-state index in [1.807, 2.05) is 0 Å². The lowest BCUT2D eigenvalue weighted by Gasteiger charge is -2.32. The molecule has 0 bridgehead atoms. The number of fused-ring (bicyclic) bond motifs is 1. The number of hydrogen-bond acceptors (Lipinski definition) is 3. The molecule has 13 heavy (non-hydrogen) atoms. The SMILES string of the molecule is NC1CCCN(C2C3COCC32)C1. The molecule has 3 rings (SSSR count). The Morgan fingerprint density at radius 1 is 1.23 bits per heavy atom. The van der Waals surface area contributed by atoms with Crippen LogP contribution in [0, 0.1) is 11.8 Å². The Bertz CT molecular complexity index is 199. The van der Waals surface area contributed by atoms with Crippen LogP contribution in [0.1, 0.15) is 12.8 Å². The second-order valence-corrected chi connectivity index (χ2v) is 4.75. The summed E-state index contributed by atoms with van der Waals surface area (Å²) in [5.41, 5.74) is 5.97. The molecule has 0 aromatic rings. The van der Waals surface area contributed by atoms with E-state index in [4.69, 9.17) is 10.5 Å². The third-order valence-corrected chi connectivity index (χ3v) is 3.82. The predicted octanol–water partition coefficient (Wildman–Crippen LogP) is 0.0543. The van der Waals surface area contributed by atoms with E-state index in [0.717, 1.165) is 37.6 Å². The van der Waals surface area contributed by atoms with Gasteiger partial charge in [0.1, 0.15) is 0 Å². The van der Waals surface area contributed by atoms with Crippen LogP contribution in [0.5, 0.6) is 0 Å². The second-order valence-electron chi connectivity index (χ2n) is 4.75. The lowest BCUT2D eigenvalue weighted by Crippen LogP contribution is -2.45. The summed E-state index contributed by atoms with van der Waals surface area (Å²) in [5.74, 6) is 1.70. The molecule has 0 aromatic carbocycles. The van der Waals surface area contributed by atoms with Crippen molar-refractivity contribution in [3.63, 3.8) is 0 Å². The van der Waals surface area contributed by atoms with E-state index in [-0.39, 0.29) is 0 Å². The van der Waals surface area contributed by atoms with Gasteiger partial charge in [0.25, 0.3) is 0 Å². The van der Waals surface area contributed by atoms with Gasteiger partial charge in [0, 0.05) is 30.5 Å². The molecule has 2 heterocycles. The molecule has 2 aliphatic heterocycles. The van der Waals surface area contributed by atoms with Gasteiger partial charge in [0.05, 0.1) is 13.2 Å². The van der Waals surface area contributed by atoms with E-state index < -0.39 is 0 Å². The minimum Gasteiger partial charge on any atom is -0.381 e. The second kappa shape index (κ2) is 2.94. The van der Waals surface area contributed by atoms with Crippen LogP contribution < -0.4 is 5.73 Å². The van der Waals surface area contributed by atoms with Gasteiger partial charge in [-0.05, 0) is 19.4 Å². The molecule has 3 aliphatic rings. The summed E-state index contributed by atoms with van der Waals surface area (Å²) in [6.45, 7) is 4.39. The van der Waals surface area contributed by atoms with Crippen molar-refractivity contribution < 1.29 is 4.74 Å². The van der Waals surface area contributed by atoms with Gasteiger partial charge in [-0.25, -0.2) is 0 Å². The fraction of sp³-hybridized carbons (Fsp3) is 1.00. The number of piperidine rings is 1. The highest BCUT2D eigenvalue weighted by Gasteiger charge is 2.56. The molecule has 0 spiro atoms. The maximum atomic E-state index is 5.97. The standard InChI is InChI=1S/C10H18N2O/c11-7-2-1-3-12(4-7)10-8-5-13-6-9(8)10/h7-10H,1-6,11H2. The Hall–Kier alpha value is -0.120. The van der Waals surface area contributed by atoms with Gasteiger partial charge >= 0.3 is 0 Å². The minimum atomic E-state index is 0.427. The average Bonchev–Trinajstić information content (AvgIpc) is 2.61. The highest BCUT2D eigenvalue weighted by molar-refractivity contribution is 5.08. The Morgan fingerprint density at radius 3 is 2.69 bits per heavy atom. The largest absolute Gasteiger partial charge is 0.381 e. The third kappa shape index (κ3) is 1.30. The van der Waals surface area contributed by atoms with Gasteiger partial charge in [0.2, 0.25) is 0 Å². The van der Waals surface area contributed by atoms with Crippen molar-refractivity contribution in [3.8, 4) is 0 Å². The first-order valence-electron chi connectivity index (χ1n) is 5.43. The molecule has 2 saturated heterocycles. The van der Waals surface area contributed by atoms with Crippen molar-refractivity contribution in [1.82, 2.24) is 4.90 Å². The normalized spacial score (nSPS) is 50.5. The Kier molecular flexibility index (Phi) is 1.86. The zero-order valence-corrected chi connectivity index (χ0v) is 7.98. The fourth-order valence-corrected chi connectivity index (χ4v) is 3.06. The van der Waals surface area contributed by atoms with Gasteiger partial charge in [-0.1, -0.05) is 0 Å². The summed E-state index contributed by atoms with van der Waals surface area (Å²) in [4.78, 5) is 2.60. The number of ether oxygens (including phenoxy) is 1. The van der Waals surface area contributed by atoms with Crippen LogP contribution in [0.3, 0.4) is 0 Å². The van der Waals surface area contributed by atoms with E-state index in [9.17, 15) is 0 Å². The monoisotopic (exact) mass is 182 g/mol. The zero-order chi connectivity index (χ0) is 8.84. The maximum Gasteiger partial charge on any atom is 0.0513 e. The van der Waals surface area contributed by atoms with Crippen molar-refractivity contribution in [2.45, 2.75) is 24.9 Å². The molecule has 2 N–H and O–H groups in total. The summed E-state index contributed by atoms with van der Waals surface area (Å²) in [7, 11) is 0. The van der Waals surface area contributed by atoms with Crippen LogP contribution >= 0.6 is 0 Å². The highest BCUT2D eigenvalue weighted by atomic mass is 16.5. The Morgan fingerprint density at radius 2 is 2.00 bits per heavy atom. The third-order valence-electron chi connectivity index (χ3n) is 3.82. The topological polar surface area (TPSA) is 38.5 Å². The van der Waals surface area contributed by atoms with Crippen LogP contribution in [0.4, 0.5) is 0 Å². The summed E-state index contributed by atoms with van der Waals surface area (Å²) in [6, 6.07) is 1.26. The van der Waals surface area contributed by atoms with E-state index in [2.05, 4.69) is 4.90 Å². The quantitative estimate of drug-likeness (QED) is 0.623. The van der Waals surface area contributed by atoms with Crippen molar-refractivity contribution in [1.29, 1.82) is 0 Å². The van der Waals surface area contributed by atoms with Crippen molar-refractivity contribution in [2.75, 3.05) is 26.3 Å². The van der Waals surface area contributed by atoms with Gasteiger partial charge in [0.15, 0.2) is 0 Å². The van der Waals surface area contributed by atoms with E-state index >= 15 is 0 Å². The molecule has 0 amide bonds. The van der Waals surface area contributed by atoms with Crippen LogP contribution in [0.2, 0.25) is 0 Å². The lowest BCUT2D eigenvalue weighted by molar-refractivity contribution is 0.108. The summed E-state index contributed by atoms with van der Waals surface area (Å²) >= 11 is 0. The first-order chi connectivity index (χ1) is 6.36. The number of nitrogens with two attached hydrogens (primary N) is 1. The molecule has 0 aromatic heterocycles. The van der Waals surface area contributed by atoms with Crippen LogP contribution in [-0.4, -0.2) is 43.3 Å². The molecule has 1 aliphatic carbocycles. The average molecular weight is 182 g/mol. The minimum absolute atomic E-state index is 0.427. The van der Waals surface area contributed by atoms with E-state index in [1.54, 1.807) is 0 Å². The molecule has 3 unspecified atom stereocenters. The van der Waals surface area contributed by atoms with Crippen LogP contribution in [-0.2, 0) is 4.74 Å². The molecule has 1 saturated carbocycles. The van der Waals surface area contributed by atoms with E-state index in [0.29, 0.717) is 6.04 Å². The zero-order valence-electron chi connectivity index (χ0n) is 7.98. The summed E-state index contributed by atoms with van der Waals surface area (Å²) < 4.78 is 5.40. The maximum absolute atomic E-state index is 5.97. The van der Waals surface area contributed by atoms with Gasteiger partial charge in [-0.3, -0.25) is 4.90 Å². The van der Waals surface area contributed by atoms with Crippen molar-refractivity contribution >= 4 is 0 Å². The molecule has 0 radical (unpaired) electrons. The number of likely N-dealkylation sites (tertiary alicyclic amines) is 1. The Labute approximate surface area is 79.2 Å². The van der Waals surface area contributed by atoms with Gasteiger partial charge in [-0.15, -0.1) is 0 Å². The van der Waals surface area contributed by atoms with E-state index in [1.165, 1.54) is 19.4 Å². The summed E-state index contributed by atoms with van der Waals surface area (Å²) in [6.07, 6.45) is 2.51.